The summed E-state index contributed by atoms with van der Waals surface area (Å²) >= 11 is 0. The van der Waals surface area contributed by atoms with Gasteiger partial charge in [0, 0.05) is 28.3 Å². The highest BCUT2D eigenvalue weighted by Gasteiger charge is 2.19. The van der Waals surface area contributed by atoms with E-state index in [2.05, 4.69) is 12.2 Å². The minimum Gasteiger partial charge on any atom is -0.451 e. The van der Waals surface area contributed by atoms with E-state index in [1.807, 2.05) is 25.1 Å². The number of amides is 1. The monoisotopic (exact) mass is 338 g/mol. The molecule has 2 aromatic carbocycles. The van der Waals surface area contributed by atoms with E-state index < -0.39 is 10.8 Å². The Kier molecular flexibility index (Phi) is 4.27. The van der Waals surface area contributed by atoms with Gasteiger partial charge in [-0.1, -0.05) is 19.1 Å². The molecule has 1 amide bonds. The van der Waals surface area contributed by atoms with Crippen molar-refractivity contribution in [1.29, 1.82) is 0 Å². The number of furan rings is 1. The van der Waals surface area contributed by atoms with Crippen LogP contribution in [0.15, 0.2) is 40.8 Å². The molecule has 25 heavy (non-hydrogen) atoms. The van der Waals surface area contributed by atoms with Crippen LogP contribution in [-0.2, 0) is 6.42 Å². The average molecular weight is 338 g/mol. The summed E-state index contributed by atoms with van der Waals surface area (Å²) < 4.78 is 5.69. The van der Waals surface area contributed by atoms with Crippen molar-refractivity contribution >= 4 is 28.3 Å². The zero-order valence-corrected chi connectivity index (χ0v) is 14.3. The van der Waals surface area contributed by atoms with E-state index in [-0.39, 0.29) is 11.4 Å². The standard InChI is InChI=1S/C19H18N2O4/c1-4-13-6-8-17-15(9-13)12(3)18(25-17)19(22)20-14-7-5-11(2)16(10-14)21(23)24/h5-10H,4H2,1-3H3,(H,20,22). The summed E-state index contributed by atoms with van der Waals surface area (Å²) in [4.78, 5) is 23.1. The van der Waals surface area contributed by atoms with Crippen molar-refractivity contribution in [3.05, 3.63) is 69.0 Å². The second-order valence-corrected chi connectivity index (χ2v) is 5.95. The number of benzene rings is 2. The normalized spacial score (nSPS) is 10.8. The van der Waals surface area contributed by atoms with Gasteiger partial charge in [0.15, 0.2) is 5.76 Å². The largest absolute Gasteiger partial charge is 0.451 e. The summed E-state index contributed by atoms with van der Waals surface area (Å²) in [5.74, 6) is -0.212. The molecule has 0 aliphatic carbocycles. The maximum Gasteiger partial charge on any atom is 0.291 e. The van der Waals surface area contributed by atoms with Gasteiger partial charge in [0.05, 0.1) is 4.92 Å². The van der Waals surface area contributed by atoms with Crippen LogP contribution in [0.4, 0.5) is 11.4 Å². The van der Waals surface area contributed by atoms with E-state index in [0.717, 1.165) is 22.9 Å². The van der Waals surface area contributed by atoms with Crippen molar-refractivity contribution in [2.75, 3.05) is 5.32 Å². The number of carbonyl (C=O) groups is 1. The Hall–Kier alpha value is -3.15. The van der Waals surface area contributed by atoms with E-state index in [4.69, 9.17) is 4.42 Å². The fraction of sp³-hybridized carbons (Fsp3) is 0.211. The van der Waals surface area contributed by atoms with Gasteiger partial charge in [0.25, 0.3) is 11.6 Å². The highest BCUT2D eigenvalue weighted by atomic mass is 16.6. The molecule has 0 saturated carbocycles. The molecular formula is C19H18N2O4. The topological polar surface area (TPSA) is 85.4 Å². The molecule has 0 aliphatic rings. The number of carbonyl (C=O) groups excluding carboxylic acids is 1. The van der Waals surface area contributed by atoms with Crippen LogP contribution >= 0.6 is 0 Å². The van der Waals surface area contributed by atoms with Crippen LogP contribution in [0, 0.1) is 24.0 Å². The molecule has 0 bridgehead atoms. The zero-order valence-electron chi connectivity index (χ0n) is 14.3. The lowest BCUT2D eigenvalue weighted by Gasteiger charge is -2.05. The number of anilines is 1. The highest BCUT2D eigenvalue weighted by Crippen LogP contribution is 2.28. The highest BCUT2D eigenvalue weighted by molar-refractivity contribution is 6.06. The van der Waals surface area contributed by atoms with Crippen molar-refractivity contribution in [2.45, 2.75) is 27.2 Å². The molecular weight excluding hydrogens is 320 g/mol. The first-order valence-corrected chi connectivity index (χ1v) is 7.99. The maximum atomic E-state index is 12.6. The molecule has 0 atom stereocenters. The summed E-state index contributed by atoms with van der Waals surface area (Å²) in [6.07, 6.45) is 0.898. The Morgan fingerprint density at radius 1 is 1.20 bits per heavy atom. The van der Waals surface area contributed by atoms with Crippen LogP contribution in [0.25, 0.3) is 11.0 Å². The van der Waals surface area contributed by atoms with Gasteiger partial charge >= 0.3 is 0 Å². The molecule has 1 aromatic heterocycles. The summed E-state index contributed by atoms with van der Waals surface area (Å²) in [6.45, 7) is 5.55. The SMILES string of the molecule is CCc1ccc2oc(C(=O)Nc3ccc(C)c([N+](=O)[O-])c3)c(C)c2c1. The van der Waals surface area contributed by atoms with Crippen molar-refractivity contribution in [1.82, 2.24) is 0 Å². The molecule has 3 aromatic rings. The number of hydrogen-bond acceptors (Lipinski definition) is 4. The van der Waals surface area contributed by atoms with Crippen LogP contribution in [0.5, 0.6) is 0 Å². The molecule has 0 spiro atoms. The first-order valence-electron chi connectivity index (χ1n) is 7.99. The molecule has 6 heteroatoms. The third-order valence-electron chi connectivity index (χ3n) is 4.28. The fourth-order valence-electron chi connectivity index (χ4n) is 2.78. The Bertz CT molecular complexity index is 988. The third kappa shape index (κ3) is 3.10. The minimum atomic E-state index is -0.469. The lowest BCUT2D eigenvalue weighted by atomic mass is 10.1. The lowest BCUT2D eigenvalue weighted by molar-refractivity contribution is -0.385. The van der Waals surface area contributed by atoms with Crippen molar-refractivity contribution in [3.63, 3.8) is 0 Å². The molecule has 6 nitrogen and oxygen atoms in total. The summed E-state index contributed by atoms with van der Waals surface area (Å²) in [5.41, 5.74) is 3.43. The molecule has 0 radical (unpaired) electrons. The number of hydrogen-bond donors (Lipinski definition) is 1. The number of nitro benzene ring substituents is 1. The molecule has 0 unspecified atom stereocenters. The summed E-state index contributed by atoms with van der Waals surface area (Å²) in [5, 5.41) is 14.6. The first kappa shape index (κ1) is 16.7. The van der Waals surface area contributed by atoms with E-state index in [1.165, 1.54) is 6.07 Å². The van der Waals surface area contributed by atoms with Gasteiger partial charge in [-0.15, -0.1) is 0 Å². The Labute approximate surface area is 144 Å². The summed E-state index contributed by atoms with van der Waals surface area (Å²) in [6, 6.07) is 10.4. The Morgan fingerprint density at radius 2 is 1.96 bits per heavy atom. The third-order valence-corrected chi connectivity index (χ3v) is 4.28. The Morgan fingerprint density at radius 3 is 2.64 bits per heavy atom. The fourth-order valence-corrected chi connectivity index (χ4v) is 2.78. The quantitative estimate of drug-likeness (QED) is 0.548. The van der Waals surface area contributed by atoms with Crippen molar-refractivity contribution in [3.8, 4) is 0 Å². The van der Waals surface area contributed by atoms with E-state index in [0.29, 0.717) is 16.8 Å². The van der Waals surface area contributed by atoms with Crippen LogP contribution in [0.2, 0.25) is 0 Å². The number of rotatable bonds is 4. The van der Waals surface area contributed by atoms with Crippen molar-refractivity contribution < 1.29 is 14.1 Å². The lowest BCUT2D eigenvalue weighted by Crippen LogP contribution is -2.12. The number of fused-ring (bicyclic) bond motifs is 1. The maximum absolute atomic E-state index is 12.6. The second-order valence-electron chi connectivity index (χ2n) is 5.95. The first-order chi connectivity index (χ1) is 11.9. The van der Waals surface area contributed by atoms with Gasteiger partial charge in [-0.3, -0.25) is 14.9 Å². The molecule has 3 rings (SSSR count). The molecule has 1 N–H and O–H groups in total. The van der Waals surface area contributed by atoms with Gasteiger partial charge < -0.3 is 9.73 Å². The van der Waals surface area contributed by atoms with Crippen LogP contribution in [0.3, 0.4) is 0 Å². The van der Waals surface area contributed by atoms with Crippen molar-refractivity contribution in [2.24, 2.45) is 0 Å². The van der Waals surface area contributed by atoms with E-state index >= 15 is 0 Å². The van der Waals surface area contributed by atoms with Gasteiger partial charge in [0.2, 0.25) is 0 Å². The zero-order chi connectivity index (χ0) is 18.1. The predicted molar refractivity (Wildman–Crippen MR) is 96.1 cm³/mol. The smallest absolute Gasteiger partial charge is 0.291 e. The second kappa shape index (κ2) is 6.39. The predicted octanol–water partition coefficient (Wildman–Crippen LogP) is 4.77. The number of nitro groups is 1. The van der Waals surface area contributed by atoms with Crippen LogP contribution in [-0.4, -0.2) is 10.8 Å². The number of nitrogens with one attached hydrogen (secondary N) is 1. The van der Waals surface area contributed by atoms with Gasteiger partial charge in [0.1, 0.15) is 5.58 Å². The van der Waals surface area contributed by atoms with Gasteiger partial charge in [-0.25, -0.2) is 0 Å². The van der Waals surface area contributed by atoms with E-state index in [1.54, 1.807) is 19.1 Å². The summed E-state index contributed by atoms with van der Waals surface area (Å²) in [7, 11) is 0. The van der Waals surface area contributed by atoms with Gasteiger partial charge in [-0.05, 0) is 44.0 Å². The molecule has 128 valence electrons. The van der Waals surface area contributed by atoms with Crippen LogP contribution < -0.4 is 5.32 Å². The molecule has 1 heterocycles. The molecule has 0 aliphatic heterocycles. The van der Waals surface area contributed by atoms with Crippen LogP contribution in [0.1, 0.15) is 34.2 Å². The average Bonchev–Trinajstić information content (AvgIpc) is 2.92. The number of nitrogens with zero attached hydrogens (tertiary/aromatic N) is 1. The molecule has 0 saturated heterocycles. The molecule has 0 fully saturated rings. The van der Waals surface area contributed by atoms with E-state index in [9.17, 15) is 14.9 Å². The number of aryl methyl sites for hydroxylation is 3. The van der Waals surface area contributed by atoms with Gasteiger partial charge in [-0.2, -0.15) is 0 Å². The Balaban J connectivity index is 1.94. The minimum absolute atomic E-state index is 0.0354.